The third-order valence-corrected chi connectivity index (χ3v) is 3.61. The van der Waals surface area contributed by atoms with Crippen LogP contribution in [0.3, 0.4) is 0 Å². The van der Waals surface area contributed by atoms with E-state index in [1.165, 1.54) is 0 Å². The molecule has 0 aliphatic heterocycles. The fraction of sp³-hybridized carbons (Fsp3) is 0. The number of nitrogens with one attached hydrogen (secondary N) is 2. The lowest BCUT2D eigenvalue weighted by molar-refractivity contribution is 0.0956. The number of carbonyl (C=O) groups excluding carboxylic acids is 1. The summed E-state index contributed by atoms with van der Waals surface area (Å²) in [6, 6.07) is 15.2. The van der Waals surface area contributed by atoms with E-state index in [9.17, 15) is 4.79 Å². The van der Waals surface area contributed by atoms with E-state index in [4.69, 9.17) is 0 Å². The minimum absolute atomic E-state index is 0.239. The maximum Gasteiger partial charge on any atom is 0.273 e. The van der Waals surface area contributed by atoms with Crippen LogP contribution in [0, 0.1) is 0 Å². The van der Waals surface area contributed by atoms with Crippen LogP contribution in [0.1, 0.15) is 15.9 Å². The number of halogens is 1. The van der Waals surface area contributed by atoms with Crippen LogP contribution in [-0.4, -0.2) is 17.1 Å². The minimum Gasteiger partial charge on any atom is -0.361 e. The zero-order valence-electron chi connectivity index (χ0n) is 11.0. The number of benzene rings is 2. The van der Waals surface area contributed by atoms with Crippen molar-refractivity contribution in [3.63, 3.8) is 0 Å². The molecule has 0 bridgehead atoms. The highest BCUT2D eigenvalue weighted by Crippen LogP contribution is 2.16. The molecule has 3 aromatic rings. The van der Waals surface area contributed by atoms with Crippen molar-refractivity contribution >= 4 is 39.0 Å². The van der Waals surface area contributed by atoms with Crippen molar-refractivity contribution in [1.29, 1.82) is 0 Å². The van der Waals surface area contributed by atoms with Gasteiger partial charge in [0.1, 0.15) is 0 Å². The summed E-state index contributed by atoms with van der Waals surface area (Å²) in [5.41, 5.74) is 4.84. The molecule has 0 saturated heterocycles. The molecule has 5 heteroatoms. The number of hydrogen-bond acceptors (Lipinski definition) is 2. The van der Waals surface area contributed by atoms with Crippen LogP contribution < -0.4 is 5.43 Å². The van der Waals surface area contributed by atoms with Crippen LogP contribution in [0.25, 0.3) is 10.9 Å². The zero-order chi connectivity index (χ0) is 14.7. The van der Waals surface area contributed by atoms with Crippen molar-refractivity contribution in [2.24, 2.45) is 5.10 Å². The number of rotatable bonds is 3. The number of hydrogen-bond donors (Lipinski definition) is 2. The van der Waals surface area contributed by atoms with Gasteiger partial charge in [0, 0.05) is 16.1 Å². The summed E-state index contributed by atoms with van der Waals surface area (Å²) in [6.45, 7) is 0. The lowest BCUT2D eigenvalue weighted by atomic mass is 10.1. The Kier molecular flexibility index (Phi) is 3.83. The van der Waals surface area contributed by atoms with Gasteiger partial charge in [-0.25, -0.2) is 5.43 Å². The molecule has 0 atom stereocenters. The fourth-order valence-corrected chi connectivity index (χ4v) is 2.31. The number of aromatic amines is 1. The van der Waals surface area contributed by atoms with E-state index in [2.05, 4.69) is 31.4 Å². The number of fused-ring (bicyclic) bond motifs is 1. The second-order valence-electron chi connectivity index (χ2n) is 4.50. The van der Waals surface area contributed by atoms with Gasteiger partial charge in [-0.15, -0.1) is 0 Å². The monoisotopic (exact) mass is 341 g/mol. The van der Waals surface area contributed by atoms with E-state index >= 15 is 0 Å². The normalized spacial score (nSPS) is 11.1. The average molecular weight is 342 g/mol. The van der Waals surface area contributed by atoms with E-state index in [-0.39, 0.29) is 5.91 Å². The van der Waals surface area contributed by atoms with Gasteiger partial charge in [0.15, 0.2) is 0 Å². The SMILES string of the molecule is O=C(NN=Cc1ccc(Br)cc1)c1cccc2cc[nH]c12. The lowest BCUT2D eigenvalue weighted by Gasteiger charge is -2.01. The van der Waals surface area contributed by atoms with Crippen LogP contribution in [-0.2, 0) is 0 Å². The third kappa shape index (κ3) is 3.03. The summed E-state index contributed by atoms with van der Waals surface area (Å²) in [6.07, 6.45) is 3.42. The predicted octanol–water partition coefficient (Wildman–Crippen LogP) is 3.69. The number of nitrogens with zero attached hydrogens (tertiary/aromatic N) is 1. The van der Waals surface area contributed by atoms with Gasteiger partial charge in [-0.1, -0.05) is 40.2 Å². The van der Waals surface area contributed by atoms with Crippen molar-refractivity contribution in [3.8, 4) is 0 Å². The Morgan fingerprint density at radius 1 is 1.14 bits per heavy atom. The molecule has 0 saturated carbocycles. The number of amides is 1. The number of carbonyl (C=O) groups is 1. The molecule has 2 N–H and O–H groups in total. The standard InChI is InChI=1S/C16H12BrN3O/c17-13-6-4-11(5-7-13)10-19-20-16(21)14-3-1-2-12-8-9-18-15(12)14/h1-10,18H,(H,20,21). The Hall–Kier alpha value is -2.40. The highest BCUT2D eigenvalue weighted by molar-refractivity contribution is 9.10. The molecule has 0 fully saturated rings. The highest BCUT2D eigenvalue weighted by atomic mass is 79.9. The molecule has 0 unspecified atom stereocenters. The largest absolute Gasteiger partial charge is 0.361 e. The number of aromatic nitrogens is 1. The van der Waals surface area contributed by atoms with E-state index in [1.807, 2.05) is 48.7 Å². The van der Waals surface area contributed by atoms with Crippen LogP contribution >= 0.6 is 15.9 Å². The van der Waals surface area contributed by atoms with E-state index < -0.39 is 0 Å². The molecule has 21 heavy (non-hydrogen) atoms. The molecular weight excluding hydrogens is 330 g/mol. The Bertz CT molecular complexity index is 806. The van der Waals surface area contributed by atoms with Gasteiger partial charge in [0.05, 0.1) is 17.3 Å². The third-order valence-electron chi connectivity index (χ3n) is 3.08. The zero-order valence-corrected chi connectivity index (χ0v) is 12.6. The Labute approximate surface area is 130 Å². The van der Waals surface area contributed by atoms with Gasteiger partial charge in [0.2, 0.25) is 0 Å². The Balaban J connectivity index is 1.74. The van der Waals surface area contributed by atoms with Crippen LogP contribution in [0.15, 0.2) is 64.3 Å². The van der Waals surface area contributed by atoms with Crippen molar-refractivity contribution in [3.05, 3.63) is 70.3 Å². The lowest BCUT2D eigenvalue weighted by Crippen LogP contribution is -2.17. The van der Waals surface area contributed by atoms with Crippen LogP contribution in [0.5, 0.6) is 0 Å². The van der Waals surface area contributed by atoms with Crippen LogP contribution in [0.4, 0.5) is 0 Å². The summed E-state index contributed by atoms with van der Waals surface area (Å²) in [5, 5.41) is 4.98. The maximum absolute atomic E-state index is 12.1. The minimum atomic E-state index is -0.239. The number of para-hydroxylation sites is 1. The number of H-pyrrole nitrogens is 1. The molecule has 1 heterocycles. The quantitative estimate of drug-likeness (QED) is 0.553. The topological polar surface area (TPSA) is 57.2 Å². The summed E-state index contributed by atoms with van der Waals surface area (Å²) in [7, 11) is 0. The molecular formula is C16H12BrN3O. The van der Waals surface area contributed by atoms with E-state index in [1.54, 1.807) is 12.3 Å². The van der Waals surface area contributed by atoms with Crippen molar-refractivity contribution in [2.75, 3.05) is 0 Å². The van der Waals surface area contributed by atoms with Crippen LogP contribution in [0.2, 0.25) is 0 Å². The van der Waals surface area contributed by atoms with Gasteiger partial charge in [-0.05, 0) is 29.8 Å². The molecule has 0 spiro atoms. The highest BCUT2D eigenvalue weighted by Gasteiger charge is 2.09. The second kappa shape index (κ2) is 5.93. The molecule has 0 aliphatic carbocycles. The molecule has 3 rings (SSSR count). The molecule has 1 amide bonds. The molecule has 2 aromatic carbocycles. The average Bonchev–Trinajstić information content (AvgIpc) is 2.97. The molecule has 0 aliphatic rings. The molecule has 0 radical (unpaired) electrons. The van der Waals surface area contributed by atoms with Crippen molar-refractivity contribution in [2.45, 2.75) is 0 Å². The summed E-state index contributed by atoms with van der Waals surface area (Å²) < 4.78 is 1.00. The first-order chi connectivity index (χ1) is 10.2. The summed E-state index contributed by atoms with van der Waals surface area (Å²) in [4.78, 5) is 15.2. The summed E-state index contributed by atoms with van der Waals surface area (Å²) >= 11 is 3.37. The van der Waals surface area contributed by atoms with E-state index in [0.29, 0.717) is 5.56 Å². The van der Waals surface area contributed by atoms with E-state index in [0.717, 1.165) is 20.9 Å². The summed E-state index contributed by atoms with van der Waals surface area (Å²) in [5.74, 6) is -0.239. The van der Waals surface area contributed by atoms with Gasteiger partial charge in [-0.2, -0.15) is 5.10 Å². The smallest absolute Gasteiger partial charge is 0.273 e. The molecule has 104 valence electrons. The van der Waals surface area contributed by atoms with Crippen molar-refractivity contribution < 1.29 is 4.79 Å². The first-order valence-electron chi connectivity index (χ1n) is 6.39. The first kappa shape index (κ1) is 13.6. The van der Waals surface area contributed by atoms with Gasteiger partial charge >= 0.3 is 0 Å². The molecule has 4 nitrogen and oxygen atoms in total. The van der Waals surface area contributed by atoms with Gasteiger partial charge < -0.3 is 4.98 Å². The first-order valence-corrected chi connectivity index (χ1v) is 7.18. The van der Waals surface area contributed by atoms with Gasteiger partial charge in [-0.3, -0.25) is 4.79 Å². The van der Waals surface area contributed by atoms with Crippen molar-refractivity contribution in [1.82, 2.24) is 10.4 Å². The second-order valence-corrected chi connectivity index (χ2v) is 5.41. The predicted molar refractivity (Wildman–Crippen MR) is 87.5 cm³/mol. The maximum atomic E-state index is 12.1. The Morgan fingerprint density at radius 3 is 2.76 bits per heavy atom. The molecule has 1 aromatic heterocycles. The van der Waals surface area contributed by atoms with Gasteiger partial charge in [0.25, 0.3) is 5.91 Å². The Morgan fingerprint density at radius 2 is 1.95 bits per heavy atom. The number of hydrazone groups is 1. The fourth-order valence-electron chi connectivity index (χ4n) is 2.05.